The van der Waals surface area contributed by atoms with E-state index in [0.29, 0.717) is 18.8 Å². The van der Waals surface area contributed by atoms with Gasteiger partial charge in [-0.1, -0.05) is 19.8 Å². The van der Waals surface area contributed by atoms with Gasteiger partial charge in [0.05, 0.1) is 5.54 Å². The summed E-state index contributed by atoms with van der Waals surface area (Å²) in [6, 6.07) is 0. The first-order chi connectivity index (χ1) is 7.67. The van der Waals surface area contributed by atoms with Crippen LogP contribution in [0.4, 0.5) is 0 Å². The number of aliphatic carboxylic acids is 1. The van der Waals surface area contributed by atoms with E-state index in [1.807, 2.05) is 0 Å². The van der Waals surface area contributed by atoms with Crippen molar-refractivity contribution in [3.8, 4) is 0 Å². The molecule has 98 valence electrons. The third-order valence-corrected chi connectivity index (χ3v) is 3.45. The molecule has 5 nitrogen and oxygen atoms in total. The molecule has 1 amide bonds. The molecule has 1 fully saturated rings. The molecule has 1 saturated carbocycles. The van der Waals surface area contributed by atoms with Crippen molar-refractivity contribution in [2.24, 2.45) is 11.7 Å². The maximum absolute atomic E-state index is 12.1. The summed E-state index contributed by atoms with van der Waals surface area (Å²) >= 11 is 0. The van der Waals surface area contributed by atoms with Crippen molar-refractivity contribution in [2.75, 3.05) is 0 Å². The molecule has 0 saturated heterocycles. The van der Waals surface area contributed by atoms with Crippen LogP contribution in [0.3, 0.4) is 0 Å². The van der Waals surface area contributed by atoms with E-state index in [-0.39, 0.29) is 5.91 Å². The average Bonchev–Trinajstić information content (AvgIpc) is 2.16. The Morgan fingerprint density at radius 2 is 2.06 bits per heavy atom. The Labute approximate surface area is 102 Å². The molecule has 2 atom stereocenters. The molecular weight excluding hydrogens is 220 g/mol. The predicted molar refractivity (Wildman–Crippen MR) is 64.4 cm³/mol. The lowest BCUT2D eigenvalue weighted by atomic mass is 9.76. The topological polar surface area (TPSA) is 92.4 Å². The maximum Gasteiger partial charge on any atom is 0.328 e. The van der Waals surface area contributed by atoms with Crippen LogP contribution in [0.15, 0.2) is 0 Å². The van der Waals surface area contributed by atoms with Crippen LogP contribution in [0, 0.1) is 5.92 Å². The van der Waals surface area contributed by atoms with Crippen molar-refractivity contribution < 1.29 is 14.7 Å². The van der Waals surface area contributed by atoms with Gasteiger partial charge in [0, 0.05) is 0 Å². The van der Waals surface area contributed by atoms with Crippen LogP contribution >= 0.6 is 0 Å². The predicted octanol–water partition coefficient (Wildman–Crippen LogP) is 0.873. The van der Waals surface area contributed by atoms with E-state index in [4.69, 9.17) is 10.8 Å². The number of nitrogens with two attached hydrogens (primary N) is 1. The number of carboxylic acids is 1. The second-order valence-electron chi connectivity index (χ2n) is 5.74. The number of amides is 1. The van der Waals surface area contributed by atoms with Gasteiger partial charge in [-0.3, -0.25) is 4.79 Å². The summed E-state index contributed by atoms with van der Waals surface area (Å²) in [6.07, 6.45) is 3.24. The summed E-state index contributed by atoms with van der Waals surface area (Å²) in [6.45, 7) is 4.99. The lowest BCUT2D eigenvalue weighted by Gasteiger charge is -2.37. The van der Waals surface area contributed by atoms with Crippen LogP contribution in [0.5, 0.6) is 0 Å². The van der Waals surface area contributed by atoms with Gasteiger partial charge in [-0.15, -0.1) is 0 Å². The van der Waals surface area contributed by atoms with E-state index in [9.17, 15) is 9.59 Å². The molecule has 0 aromatic carbocycles. The number of hydrogen-bond acceptors (Lipinski definition) is 3. The quantitative estimate of drug-likeness (QED) is 0.684. The third kappa shape index (κ3) is 3.19. The van der Waals surface area contributed by atoms with Crippen LogP contribution in [0.25, 0.3) is 0 Å². The molecule has 0 aromatic rings. The van der Waals surface area contributed by atoms with Gasteiger partial charge in [-0.05, 0) is 32.6 Å². The fraction of sp³-hybridized carbons (Fsp3) is 0.833. The highest BCUT2D eigenvalue weighted by Crippen LogP contribution is 2.30. The first kappa shape index (κ1) is 14.0. The van der Waals surface area contributed by atoms with E-state index in [2.05, 4.69) is 12.2 Å². The fourth-order valence-electron chi connectivity index (χ4n) is 2.26. The zero-order valence-corrected chi connectivity index (χ0v) is 10.7. The Kier molecular flexibility index (Phi) is 3.81. The normalized spacial score (nSPS) is 29.8. The molecule has 0 aliphatic heterocycles. The second kappa shape index (κ2) is 4.64. The molecule has 0 bridgehead atoms. The molecule has 0 aromatic heterocycles. The highest BCUT2D eigenvalue weighted by molar-refractivity contribution is 5.91. The highest BCUT2D eigenvalue weighted by atomic mass is 16.4. The Morgan fingerprint density at radius 3 is 2.53 bits per heavy atom. The van der Waals surface area contributed by atoms with Gasteiger partial charge in [0.2, 0.25) is 5.91 Å². The summed E-state index contributed by atoms with van der Waals surface area (Å²) in [4.78, 5) is 23.0. The van der Waals surface area contributed by atoms with E-state index in [1.165, 1.54) is 13.8 Å². The van der Waals surface area contributed by atoms with Crippen LogP contribution in [-0.2, 0) is 9.59 Å². The molecule has 0 radical (unpaired) electrons. The Morgan fingerprint density at radius 1 is 1.47 bits per heavy atom. The zero-order chi connectivity index (χ0) is 13.3. The van der Waals surface area contributed by atoms with Crippen molar-refractivity contribution in [2.45, 2.75) is 57.5 Å². The van der Waals surface area contributed by atoms with Crippen molar-refractivity contribution in [3.63, 3.8) is 0 Å². The van der Waals surface area contributed by atoms with Gasteiger partial charge in [0.15, 0.2) is 0 Å². The molecule has 17 heavy (non-hydrogen) atoms. The van der Waals surface area contributed by atoms with Gasteiger partial charge in [-0.2, -0.15) is 0 Å². The van der Waals surface area contributed by atoms with Gasteiger partial charge in [0.1, 0.15) is 5.54 Å². The molecule has 1 aliphatic rings. The molecule has 4 N–H and O–H groups in total. The van der Waals surface area contributed by atoms with Gasteiger partial charge < -0.3 is 16.2 Å². The van der Waals surface area contributed by atoms with Crippen molar-refractivity contribution in [1.29, 1.82) is 0 Å². The fourth-order valence-corrected chi connectivity index (χ4v) is 2.26. The SMILES string of the molecule is CC1CCCC(N)(C(=O)NC(C)(C)C(=O)O)C1. The van der Waals surface area contributed by atoms with Crippen LogP contribution in [0.2, 0.25) is 0 Å². The standard InChI is InChI=1S/C12H22N2O3/c1-8-5-4-6-12(13,7-8)9(15)14-11(2,3)10(16)17/h8H,4-7,13H2,1-3H3,(H,14,15)(H,16,17). The van der Waals surface area contributed by atoms with Gasteiger partial charge in [0.25, 0.3) is 0 Å². The molecule has 5 heteroatoms. The number of hydrogen-bond donors (Lipinski definition) is 3. The minimum atomic E-state index is -1.27. The van der Waals surface area contributed by atoms with Crippen LogP contribution < -0.4 is 11.1 Å². The minimum absolute atomic E-state index is 0.351. The zero-order valence-electron chi connectivity index (χ0n) is 10.7. The van der Waals surface area contributed by atoms with Gasteiger partial charge in [-0.25, -0.2) is 4.79 Å². The number of carbonyl (C=O) groups is 2. The summed E-state index contributed by atoms with van der Waals surface area (Å²) in [5.41, 5.74) is 3.91. The van der Waals surface area contributed by atoms with Crippen molar-refractivity contribution >= 4 is 11.9 Å². The number of rotatable bonds is 3. The highest BCUT2D eigenvalue weighted by Gasteiger charge is 2.41. The van der Waals surface area contributed by atoms with Crippen LogP contribution in [0.1, 0.15) is 46.5 Å². The number of nitrogens with one attached hydrogen (secondary N) is 1. The van der Waals surface area contributed by atoms with E-state index >= 15 is 0 Å². The molecule has 0 heterocycles. The lowest BCUT2D eigenvalue weighted by Crippen LogP contribution is -2.62. The lowest BCUT2D eigenvalue weighted by molar-refractivity contribution is -0.147. The summed E-state index contributed by atoms with van der Waals surface area (Å²) in [5, 5.41) is 11.5. The first-order valence-electron chi connectivity index (χ1n) is 6.02. The number of carboxylic acid groups (broad SMARTS) is 1. The Hall–Kier alpha value is -1.10. The summed E-state index contributed by atoms with van der Waals surface area (Å²) in [7, 11) is 0. The minimum Gasteiger partial charge on any atom is -0.480 e. The average molecular weight is 242 g/mol. The molecule has 2 unspecified atom stereocenters. The van der Waals surface area contributed by atoms with E-state index in [0.717, 1.165) is 12.8 Å². The van der Waals surface area contributed by atoms with Crippen molar-refractivity contribution in [3.05, 3.63) is 0 Å². The smallest absolute Gasteiger partial charge is 0.328 e. The van der Waals surface area contributed by atoms with E-state index < -0.39 is 17.0 Å². The largest absolute Gasteiger partial charge is 0.480 e. The molecule has 0 spiro atoms. The molecule has 1 rings (SSSR count). The van der Waals surface area contributed by atoms with Crippen LogP contribution in [-0.4, -0.2) is 28.1 Å². The van der Waals surface area contributed by atoms with Crippen molar-refractivity contribution in [1.82, 2.24) is 5.32 Å². The number of carbonyl (C=O) groups excluding carboxylic acids is 1. The second-order valence-corrected chi connectivity index (χ2v) is 5.74. The third-order valence-electron chi connectivity index (χ3n) is 3.45. The monoisotopic (exact) mass is 242 g/mol. The Balaban J connectivity index is 2.72. The summed E-state index contributed by atoms with van der Waals surface area (Å²) < 4.78 is 0. The Bertz CT molecular complexity index is 328. The molecule has 1 aliphatic carbocycles. The van der Waals surface area contributed by atoms with E-state index in [1.54, 1.807) is 0 Å². The molecular formula is C12H22N2O3. The first-order valence-corrected chi connectivity index (χ1v) is 6.02. The maximum atomic E-state index is 12.1. The van der Waals surface area contributed by atoms with Gasteiger partial charge >= 0.3 is 5.97 Å². The summed E-state index contributed by atoms with van der Waals surface area (Å²) in [5.74, 6) is -0.998.